The normalized spacial score (nSPS) is 16.6. The number of anilines is 1. The van der Waals surface area contributed by atoms with Gasteiger partial charge in [0, 0.05) is 52.7 Å². The van der Waals surface area contributed by atoms with Gasteiger partial charge in [-0.25, -0.2) is 15.1 Å². The first kappa shape index (κ1) is 85.8. The highest BCUT2D eigenvalue weighted by Crippen LogP contribution is 2.31. The molecule has 12 atom stereocenters. The summed E-state index contributed by atoms with van der Waals surface area (Å²) in [5.41, 5.74) is 12.5. The van der Waals surface area contributed by atoms with Crippen molar-refractivity contribution in [3.8, 4) is 0 Å². The van der Waals surface area contributed by atoms with Gasteiger partial charge in [-0.1, -0.05) is 105 Å². The number of carbonyl (C=O) groups is 9. The van der Waals surface area contributed by atoms with Crippen molar-refractivity contribution >= 4 is 69.3 Å². The van der Waals surface area contributed by atoms with E-state index in [1.165, 1.54) is 38.3 Å². The van der Waals surface area contributed by atoms with Gasteiger partial charge in [0.2, 0.25) is 41.4 Å². The first-order chi connectivity index (χ1) is 46.8. The molecule has 1 heterocycles. The summed E-state index contributed by atoms with van der Waals surface area (Å²) in [6, 6.07) is 5.16. The van der Waals surface area contributed by atoms with Gasteiger partial charge in [-0.2, -0.15) is 13.5 Å². The number of likely N-dealkylation sites (N-methyl/N-ethyl adjacent to an activating group) is 2. The van der Waals surface area contributed by atoms with E-state index in [9.17, 15) is 56.7 Å². The summed E-state index contributed by atoms with van der Waals surface area (Å²) in [5, 5.41) is 30.3. The fourth-order valence-electron chi connectivity index (χ4n) is 11.7. The van der Waals surface area contributed by atoms with Crippen molar-refractivity contribution in [1.82, 2.24) is 41.3 Å². The smallest absolute Gasteiger partial charge is 0.410 e. The van der Waals surface area contributed by atoms with Crippen LogP contribution in [0.15, 0.2) is 58.5 Å². The van der Waals surface area contributed by atoms with E-state index < -0.39 is 154 Å². The van der Waals surface area contributed by atoms with Crippen LogP contribution in [-0.2, 0) is 82.9 Å². The van der Waals surface area contributed by atoms with E-state index in [1.807, 2.05) is 19.9 Å². The van der Waals surface area contributed by atoms with E-state index in [2.05, 4.69) is 37.0 Å². The third kappa shape index (κ3) is 26.9. The van der Waals surface area contributed by atoms with Crippen molar-refractivity contribution < 1.29 is 89.3 Å². The van der Waals surface area contributed by atoms with Crippen molar-refractivity contribution in [3.05, 3.63) is 59.7 Å². The van der Waals surface area contributed by atoms with Crippen molar-refractivity contribution in [2.45, 2.75) is 180 Å². The number of amides is 10. The number of benzene rings is 2. The first-order valence-corrected chi connectivity index (χ1v) is 35.0. The SMILES string of the molecule is CC[C@H](C)[C@@H]([C@@H](CC(=O)N1CCCC1C(OC)C(C)C(=O)NC(C)C(O)c1ccccc1)OC)N(C)C(=O)C(NC(=O)C(C(C)C)N(C)C(=O)OCc1ccc(NC(=O)C(CCCNC(N)=O)NC(=O)C(NC(=O)COCCOCCOCCN=N)C(C)C)cc1S(=O)(=O)OC)C(C)C. The molecule has 1 aliphatic rings. The van der Waals surface area contributed by atoms with E-state index in [-0.39, 0.29) is 94.4 Å². The number of likely N-dealkylation sites (tertiary alicyclic amines) is 1. The highest BCUT2D eigenvalue weighted by Gasteiger charge is 2.44. The van der Waals surface area contributed by atoms with Gasteiger partial charge < -0.3 is 81.0 Å². The van der Waals surface area contributed by atoms with Crippen LogP contribution < -0.4 is 37.6 Å². The zero-order chi connectivity index (χ0) is 74.3. The number of carbonyl (C=O) groups excluding carboxylic acids is 9. The molecule has 1 fully saturated rings. The lowest BCUT2D eigenvalue weighted by atomic mass is 9.89. The number of urea groups is 1. The Morgan fingerprint density at radius 2 is 1.39 bits per heavy atom. The molecule has 1 aliphatic heterocycles. The maximum Gasteiger partial charge on any atom is 0.410 e. The molecule has 2 aromatic carbocycles. The van der Waals surface area contributed by atoms with Crippen molar-refractivity contribution in [1.29, 1.82) is 5.53 Å². The van der Waals surface area contributed by atoms with Crippen LogP contribution in [0.2, 0.25) is 0 Å². The van der Waals surface area contributed by atoms with Gasteiger partial charge in [-0.15, -0.1) is 0 Å². The Kier molecular flexibility index (Phi) is 37.5. The molecule has 2 aromatic rings. The van der Waals surface area contributed by atoms with Crippen LogP contribution in [0.4, 0.5) is 15.3 Å². The second kappa shape index (κ2) is 43.3. The molecule has 0 aromatic heterocycles. The monoisotopic (exact) mass is 1420 g/mol. The number of nitrogens with two attached hydrogens (primary N) is 1. The van der Waals surface area contributed by atoms with Crippen molar-refractivity contribution in [2.24, 2.45) is 40.4 Å². The highest BCUT2D eigenvalue weighted by molar-refractivity contribution is 7.86. The van der Waals surface area contributed by atoms with Crippen molar-refractivity contribution in [2.75, 3.05) is 100 Å². The standard InChI is InChI=1S/C67H110N12O19S/c1-16-43(8)58(51(92-13)37-54(81)79-30-21-25-50(79)60(93-14)44(9)61(83)72-45(10)59(82)46-22-18-17-19-23-46)77(11)65(87)56(41(4)5)76-64(86)57(42(6)7)78(12)67(89)98-38-47-26-27-48(36-52(47)99(90,91)94-15)73-62(84)49(24-20-28-70-66(68)88)74-63(85)55(40(2)3)75-53(80)39-97-35-34-96-33-32-95-31-29-71-69/h17-19,22-23,26-27,36,40-45,49-51,55-60,69,82H,16,20-21,24-25,28-35,37-39H2,1-15H3,(H,72,83)(H,73,84)(H,74,85)(H,75,80)(H,76,86)(H3,68,70,88)/t43-,44?,45?,49?,50?,51+,55?,56?,57?,58-,59?,60?/m0/s1. The highest BCUT2D eigenvalue weighted by atomic mass is 32.2. The van der Waals surface area contributed by atoms with Crippen LogP contribution in [0.3, 0.4) is 0 Å². The Hall–Kier alpha value is -7.46. The second-order valence-corrected chi connectivity index (χ2v) is 27.4. The summed E-state index contributed by atoms with van der Waals surface area (Å²) in [6.45, 7) is 18.1. The minimum Gasteiger partial charge on any atom is -0.444 e. The van der Waals surface area contributed by atoms with Gasteiger partial charge in [0.1, 0.15) is 42.3 Å². The van der Waals surface area contributed by atoms with Gasteiger partial charge in [0.15, 0.2) is 0 Å². The zero-order valence-electron chi connectivity index (χ0n) is 60.2. The molecule has 10 N–H and O–H groups in total. The molecule has 0 spiro atoms. The average Bonchev–Trinajstić information content (AvgIpc) is 1.76. The average molecular weight is 1420 g/mol. The molecule has 10 amide bonds. The second-order valence-electron chi connectivity index (χ2n) is 25.7. The number of ether oxygens (including phenoxy) is 6. The maximum atomic E-state index is 14.9. The molecule has 99 heavy (non-hydrogen) atoms. The molecule has 558 valence electrons. The summed E-state index contributed by atoms with van der Waals surface area (Å²) in [6.07, 6.45) is -1.81. The Morgan fingerprint density at radius 3 is 1.97 bits per heavy atom. The van der Waals surface area contributed by atoms with Gasteiger partial charge in [-0.3, -0.25) is 42.6 Å². The summed E-state index contributed by atoms with van der Waals surface area (Å²) in [4.78, 5) is 128. The minimum atomic E-state index is -4.60. The summed E-state index contributed by atoms with van der Waals surface area (Å²) in [7, 11) is 2.17. The number of aliphatic hydroxyl groups excluding tert-OH is 1. The van der Waals surface area contributed by atoms with E-state index in [4.69, 9.17) is 43.9 Å². The molecule has 3 rings (SSSR count). The zero-order valence-corrected chi connectivity index (χ0v) is 61.0. The van der Waals surface area contributed by atoms with Crippen LogP contribution in [-0.4, -0.2) is 231 Å². The number of primary amides is 1. The predicted molar refractivity (Wildman–Crippen MR) is 366 cm³/mol. The van der Waals surface area contributed by atoms with E-state index in [0.717, 1.165) is 18.1 Å². The fraction of sp³-hybridized carbons (Fsp3) is 0.687. The largest absolute Gasteiger partial charge is 0.444 e. The summed E-state index contributed by atoms with van der Waals surface area (Å²) >= 11 is 0. The van der Waals surface area contributed by atoms with Crippen LogP contribution in [0.1, 0.15) is 125 Å². The lowest BCUT2D eigenvalue weighted by molar-refractivity contribution is -0.148. The Balaban J connectivity index is 1.78. The van der Waals surface area contributed by atoms with Crippen molar-refractivity contribution in [3.63, 3.8) is 0 Å². The molecule has 0 radical (unpaired) electrons. The lowest BCUT2D eigenvalue weighted by Gasteiger charge is -2.41. The number of hydrogen-bond acceptors (Lipinski definition) is 21. The molecule has 0 bridgehead atoms. The van der Waals surface area contributed by atoms with Gasteiger partial charge in [0.05, 0.1) is 95.5 Å². The lowest BCUT2D eigenvalue weighted by Crippen LogP contribution is -2.60. The molecule has 0 saturated carbocycles. The van der Waals surface area contributed by atoms with Gasteiger partial charge >= 0.3 is 12.1 Å². The predicted octanol–water partition coefficient (Wildman–Crippen LogP) is 4.01. The first-order valence-electron chi connectivity index (χ1n) is 33.6. The molecular formula is C67H110N12O19S. The van der Waals surface area contributed by atoms with Crippen LogP contribution >= 0.6 is 0 Å². The topological polar surface area (TPSA) is 417 Å². The van der Waals surface area contributed by atoms with Crippen LogP contribution in [0.5, 0.6) is 0 Å². The minimum absolute atomic E-state index is 0.0161. The maximum absolute atomic E-state index is 14.9. The quantitative estimate of drug-likeness (QED) is 0.0257. The number of nitrogens with one attached hydrogen (secondary N) is 7. The number of rotatable bonds is 45. The third-order valence-corrected chi connectivity index (χ3v) is 18.8. The summed E-state index contributed by atoms with van der Waals surface area (Å²) < 4.78 is 65.6. The molecular weight excluding hydrogens is 1310 g/mol. The number of hydrogen-bond donors (Lipinski definition) is 9. The number of aliphatic hydroxyl groups is 1. The molecule has 9 unspecified atom stereocenters. The number of nitrogens with zero attached hydrogens (tertiary/aromatic N) is 4. The molecule has 0 aliphatic carbocycles. The van der Waals surface area contributed by atoms with Gasteiger partial charge in [-0.05, 0) is 74.0 Å². The Bertz CT molecular complexity index is 3040. The molecule has 32 heteroatoms. The van der Waals surface area contributed by atoms with E-state index >= 15 is 0 Å². The van der Waals surface area contributed by atoms with E-state index in [1.54, 1.807) is 91.6 Å². The Morgan fingerprint density at radius 1 is 0.758 bits per heavy atom. The third-order valence-electron chi connectivity index (χ3n) is 17.4. The molecule has 1 saturated heterocycles. The number of methoxy groups -OCH3 is 2. The Labute approximate surface area is 583 Å². The van der Waals surface area contributed by atoms with Crippen LogP contribution in [0, 0.1) is 35.1 Å². The van der Waals surface area contributed by atoms with E-state index in [0.29, 0.717) is 31.4 Å². The summed E-state index contributed by atoms with van der Waals surface area (Å²) in [5.74, 6) is -6.51. The van der Waals surface area contributed by atoms with Gasteiger partial charge in [0.25, 0.3) is 10.1 Å². The fourth-order valence-corrected chi connectivity index (χ4v) is 12.6. The molecule has 31 nitrogen and oxygen atoms in total. The van der Waals surface area contributed by atoms with Crippen LogP contribution in [0.25, 0.3) is 0 Å².